The van der Waals surface area contributed by atoms with Crippen LogP contribution in [0.5, 0.6) is 0 Å². The molecule has 0 aromatic heterocycles. The van der Waals surface area contributed by atoms with Crippen LogP contribution in [0.25, 0.3) is 0 Å². The van der Waals surface area contributed by atoms with Gasteiger partial charge in [-0.25, -0.2) is 0 Å². The molecule has 15 heavy (non-hydrogen) atoms. The molecule has 0 fully saturated rings. The van der Waals surface area contributed by atoms with Crippen LogP contribution in [0, 0.1) is 13.8 Å². The lowest BCUT2D eigenvalue weighted by molar-refractivity contribution is 0.189. The molecular weight excluding hydrogens is 211 g/mol. The molecule has 0 aliphatic heterocycles. The van der Waals surface area contributed by atoms with Crippen molar-refractivity contribution in [3.8, 4) is 0 Å². The quantitative estimate of drug-likeness (QED) is 0.780. The van der Waals surface area contributed by atoms with Gasteiger partial charge in [0, 0.05) is 5.56 Å². The van der Waals surface area contributed by atoms with Gasteiger partial charge in [0.1, 0.15) is 6.10 Å². The Hall–Kier alpha value is -0.470. The zero-order chi connectivity index (χ0) is 11.6. The van der Waals surface area contributed by atoms with Crippen molar-refractivity contribution in [2.45, 2.75) is 33.8 Å². The Labute approximate surface area is 91.3 Å². The molecule has 0 aliphatic rings. The lowest BCUT2D eigenvalue weighted by Crippen LogP contribution is -2.19. The van der Waals surface area contributed by atoms with Crippen molar-refractivity contribution in [1.82, 2.24) is 0 Å². The van der Waals surface area contributed by atoms with Gasteiger partial charge in [0.05, 0.1) is 0 Å². The molecule has 4 heteroatoms. The zero-order valence-corrected chi connectivity index (χ0v) is 10.5. The van der Waals surface area contributed by atoms with E-state index in [1.54, 1.807) is 19.9 Å². The van der Waals surface area contributed by atoms with Gasteiger partial charge in [-0.1, -0.05) is 12.1 Å². The van der Waals surface area contributed by atoms with E-state index >= 15 is 0 Å². The summed E-state index contributed by atoms with van der Waals surface area (Å²) in [6.07, 6.45) is -0.201. The molecule has 1 aromatic rings. The highest BCUT2D eigenvalue weighted by atomic mass is 31.2. The second kappa shape index (κ2) is 4.58. The van der Waals surface area contributed by atoms with Crippen molar-refractivity contribution in [1.29, 1.82) is 0 Å². The van der Waals surface area contributed by atoms with Crippen molar-refractivity contribution >= 4 is 13.2 Å². The normalized spacial score (nSPS) is 12.2. The fourth-order valence-corrected chi connectivity index (χ4v) is 3.00. The molecule has 0 amide bonds. The van der Waals surface area contributed by atoms with Gasteiger partial charge in [-0.3, -0.25) is 0 Å². The van der Waals surface area contributed by atoms with Crippen LogP contribution in [0.4, 0.5) is 0 Å². The highest BCUT2D eigenvalue weighted by Crippen LogP contribution is 2.51. The van der Waals surface area contributed by atoms with Gasteiger partial charge in [-0.15, -0.1) is 0 Å². The van der Waals surface area contributed by atoms with E-state index in [0.717, 1.165) is 11.1 Å². The van der Waals surface area contributed by atoms with Crippen LogP contribution in [0.2, 0.25) is 0 Å². The molecule has 1 aromatic carbocycles. The molecule has 0 atom stereocenters. The molecule has 1 rings (SSSR count). The second-order valence-corrected chi connectivity index (χ2v) is 5.70. The van der Waals surface area contributed by atoms with Crippen LogP contribution in [0.15, 0.2) is 18.2 Å². The van der Waals surface area contributed by atoms with Gasteiger partial charge in [0.25, 0.3) is 0 Å². The molecule has 0 radical (unpaired) electrons. The number of rotatable bonds is 3. The summed E-state index contributed by atoms with van der Waals surface area (Å²) in [6, 6.07) is 5.45. The van der Waals surface area contributed by atoms with Crippen LogP contribution in [0.3, 0.4) is 0 Å². The van der Waals surface area contributed by atoms with Crippen LogP contribution >= 0.6 is 7.94 Å². The predicted molar refractivity (Wildman–Crippen MR) is 63.1 cm³/mol. The molecule has 2 N–H and O–H groups in total. The van der Waals surface area contributed by atoms with Crippen molar-refractivity contribution in [2.24, 2.45) is 0 Å². The molecule has 0 saturated carbocycles. The average Bonchev–Trinajstić information content (AvgIpc) is 2.07. The second-order valence-electron chi connectivity index (χ2n) is 3.92. The van der Waals surface area contributed by atoms with E-state index in [1.165, 1.54) is 0 Å². The Balaban J connectivity index is 3.09. The first-order valence-corrected chi connectivity index (χ1v) is 6.55. The first-order chi connectivity index (χ1) is 6.84. The molecule has 0 unspecified atom stereocenters. The highest BCUT2D eigenvalue weighted by Gasteiger charge is 2.42. The summed E-state index contributed by atoms with van der Waals surface area (Å²) in [5, 5.41) is 0.510. The van der Waals surface area contributed by atoms with E-state index in [0.29, 0.717) is 5.30 Å². The summed E-state index contributed by atoms with van der Waals surface area (Å²) >= 11 is 0. The van der Waals surface area contributed by atoms with Crippen molar-refractivity contribution in [2.75, 3.05) is 0 Å². The molecule has 84 valence electrons. The third-order valence-corrected chi connectivity index (χ3v) is 4.08. The van der Waals surface area contributed by atoms with E-state index in [-0.39, 0.29) is 6.10 Å². The maximum atomic E-state index is 9.91. The smallest absolute Gasteiger partial charge is 0.188 e. The van der Waals surface area contributed by atoms with Gasteiger partial charge in [0.15, 0.2) is 5.30 Å². The fourth-order valence-electron chi connectivity index (χ4n) is 1.40. The topological polar surface area (TPSA) is 49.7 Å². The molecular formula is C11H18O3P+. The predicted octanol–water partition coefficient (Wildman–Crippen LogP) is 2.10. The average molecular weight is 229 g/mol. The summed E-state index contributed by atoms with van der Waals surface area (Å²) in [7, 11) is -3.42. The molecule has 3 nitrogen and oxygen atoms in total. The van der Waals surface area contributed by atoms with Gasteiger partial charge in [-0.05, 0) is 39.3 Å². The van der Waals surface area contributed by atoms with Crippen LogP contribution < -0.4 is 5.30 Å². The van der Waals surface area contributed by atoms with Gasteiger partial charge in [-0.2, -0.15) is 14.3 Å². The maximum absolute atomic E-state index is 9.91. The van der Waals surface area contributed by atoms with Crippen LogP contribution in [-0.4, -0.2) is 15.9 Å². The Bertz CT molecular complexity index is 348. The minimum Gasteiger partial charge on any atom is -0.188 e. The van der Waals surface area contributed by atoms with Crippen molar-refractivity contribution in [3.05, 3.63) is 29.3 Å². The van der Waals surface area contributed by atoms with Crippen LogP contribution in [0.1, 0.15) is 25.0 Å². The first kappa shape index (κ1) is 12.6. The first-order valence-electron chi connectivity index (χ1n) is 4.94. The molecule has 0 aliphatic carbocycles. The van der Waals surface area contributed by atoms with Gasteiger partial charge >= 0.3 is 7.94 Å². The van der Waals surface area contributed by atoms with E-state index in [2.05, 4.69) is 0 Å². The Morgan fingerprint density at radius 1 is 1.20 bits per heavy atom. The summed E-state index contributed by atoms with van der Waals surface area (Å²) in [5.41, 5.74) is 1.92. The Morgan fingerprint density at radius 3 is 2.33 bits per heavy atom. The van der Waals surface area contributed by atoms with Gasteiger partial charge in [0.2, 0.25) is 0 Å². The number of benzene rings is 1. The minimum atomic E-state index is -3.42. The lowest BCUT2D eigenvalue weighted by Gasteiger charge is -2.15. The molecule has 0 saturated heterocycles. The van der Waals surface area contributed by atoms with E-state index < -0.39 is 7.94 Å². The molecule has 0 bridgehead atoms. The SMILES string of the molecule is Cc1cccc([P+](O)(O)OC(C)C)c1C. The number of hydrogen-bond donors (Lipinski definition) is 2. The fraction of sp³-hybridized carbons (Fsp3) is 0.455. The Morgan fingerprint density at radius 2 is 1.80 bits per heavy atom. The third kappa shape index (κ3) is 2.99. The largest absolute Gasteiger partial charge is 0.444 e. The summed E-state index contributed by atoms with van der Waals surface area (Å²) in [5.74, 6) is 0. The minimum absolute atomic E-state index is 0.201. The summed E-state index contributed by atoms with van der Waals surface area (Å²) < 4.78 is 5.18. The molecule has 0 heterocycles. The summed E-state index contributed by atoms with van der Waals surface area (Å²) in [6.45, 7) is 7.38. The van der Waals surface area contributed by atoms with E-state index in [1.807, 2.05) is 26.0 Å². The highest BCUT2D eigenvalue weighted by molar-refractivity contribution is 7.67. The van der Waals surface area contributed by atoms with Crippen molar-refractivity contribution in [3.63, 3.8) is 0 Å². The number of hydrogen-bond acceptors (Lipinski definition) is 3. The number of aryl methyl sites for hydroxylation is 1. The molecule has 0 spiro atoms. The maximum Gasteiger partial charge on any atom is 0.444 e. The van der Waals surface area contributed by atoms with E-state index in [9.17, 15) is 9.79 Å². The standard InChI is InChI=1S/C11H18O3P/c1-8(2)14-15(12,13)11-7-5-6-9(3)10(11)4/h5-8,12-13H,1-4H3/q+1. The van der Waals surface area contributed by atoms with Crippen LogP contribution in [-0.2, 0) is 4.52 Å². The third-order valence-electron chi connectivity index (χ3n) is 2.25. The lowest BCUT2D eigenvalue weighted by atomic mass is 10.1. The summed E-state index contributed by atoms with van der Waals surface area (Å²) in [4.78, 5) is 19.8. The monoisotopic (exact) mass is 229 g/mol. The Kier molecular flexibility index (Phi) is 3.85. The van der Waals surface area contributed by atoms with Gasteiger partial charge < -0.3 is 0 Å². The van der Waals surface area contributed by atoms with Crippen molar-refractivity contribution < 1.29 is 14.3 Å². The zero-order valence-electron chi connectivity index (χ0n) is 9.56. The van der Waals surface area contributed by atoms with E-state index in [4.69, 9.17) is 4.52 Å².